The molecule has 1 aromatic heterocycles. The fourth-order valence-electron chi connectivity index (χ4n) is 3.41. The lowest BCUT2D eigenvalue weighted by Crippen LogP contribution is -2.23. The zero-order valence-corrected chi connectivity index (χ0v) is 16.6. The number of aryl methyl sites for hydroxylation is 1. The molecule has 3 aromatic carbocycles. The normalized spacial score (nSPS) is 10.8. The molecule has 0 saturated carbocycles. The molecule has 0 fully saturated rings. The third-order valence-electron chi connectivity index (χ3n) is 5.04. The first-order valence-electron chi connectivity index (χ1n) is 9.66. The Balaban J connectivity index is 1.55. The number of fused-ring (bicyclic) bond motifs is 1. The predicted octanol–water partition coefficient (Wildman–Crippen LogP) is 4.53. The second-order valence-corrected chi connectivity index (χ2v) is 6.84. The molecule has 0 spiro atoms. The SMILES string of the molecule is CCc1cccc(-n2cnc3cc(C(=O)NCc4ccccc4OC)ccc32)c1. The van der Waals surface area contributed by atoms with Gasteiger partial charge in [0.15, 0.2) is 0 Å². The molecule has 0 bridgehead atoms. The van der Waals surface area contributed by atoms with Crippen LogP contribution in [0.15, 0.2) is 73.1 Å². The highest BCUT2D eigenvalue weighted by molar-refractivity contribution is 5.97. The lowest BCUT2D eigenvalue weighted by molar-refractivity contribution is 0.0951. The molecule has 1 N–H and O–H groups in total. The highest BCUT2D eigenvalue weighted by Gasteiger charge is 2.11. The maximum absolute atomic E-state index is 12.6. The Kier molecular flexibility index (Phi) is 5.29. The minimum Gasteiger partial charge on any atom is -0.496 e. The largest absolute Gasteiger partial charge is 0.496 e. The predicted molar refractivity (Wildman–Crippen MR) is 115 cm³/mol. The van der Waals surface area contributed by atoms with Crippen LogP contribution in [0.3, 0.4) is 0 Å². The number of imidazole rings is 1. The fourth-order valence-corrected chi connectivity index (χ4v) is 3.41. The van der Waals surface area contributed by atoms with Crippen molar-refractivity contribution in [1.82, 2.24) is 14.9 Å². The van der Waals surface area contributed by atoms with Gasteiger partial charge in [-0.15, -0.1) is 0 Å². The zero-order chi connectivity index (χ0) is 20.2. The van der Waals surface area contributed by atoms with Gasteiger partial charge in [0.05, 0.1) is 18.1 Å². The van der Waals surface area contributed by atoms with Crippen LogP contribution >= 0.6 is 0 Å². The van der Waals surface area contributed by atoms with Crippen molar-refractivity contribution in [3.8, 4) is 11.4 Å². The first-order chi connectivity index (χ1) is 14.2. The number of methoxy groups -OCH3 is 1. The zero-order valence-electron chi connectivity index (χ0n) is 16.6. The van der Waals surface area contributed by atoms with Crippen LogP contribution in [-0.4, -0.2) is 22.6 Å². The lowest BCUT2D eigenvalue weighted by atomic mass is 10.1. The van der Waals surface area contributed by atoms with Gasteiger partial charge in [-0.3, -0.25) is 9.36 Å². The van der Waals surface area contributed by atoms with Crippen LogP contribution in [0.25, 0.3) is 16.7 Å². The summed E-state index contributed by atoms with van der Waals surface area (Å²) in [6, 6.07) is 21.7. The van der Waals surface area contributed by atoms with Crippen LogP contribution in [-0.2, 0) is 13.0 Å². The quantitative estimate of drug-likeness (QED) is 0.531. The van der Waals surface area contributed by atoms with E-state index in [-0.39, 0.29) is 5.91 Å². The van der Waals surface area contributed by atoms with Crippen molar-refractivity contribution in [2.75, 3.05) is 7.11 Å². The highest BCUT2D eigenvalue weighted by Crippen LogP contribution is 2.21. The smallest absolute Gasteiger partial charge is 0.251 e. The number of rotatable bonds is 6. The van der Waals surface area contributed by atoms with Gasteiger partial charge >= 0.3 is 0 Å². The Hall–Kier alpha value is -3.60. The van der Waals surface area contributed by atoms with Crippen molar-refractivity contribution in [2.24, 2.45) is 0 Å². The molecule has 1 heterocycles. The number of amides is 1. The molecule has 0 radical (unpaired) electrons. The summed E-state index contributed by atoms with van der Waals surface area (Å²) in [6.07, 6.45) is 2.78. The standard InChI is InChI=1S/C24H23N3O2/c1-3-17-7-6-9-20(13-17)27-16-26-21-14-18(11-12-22(21)27)24(28)25-15-19-8-4-5-10-23(19)29-2/h4-14,16H,3,15H2,1-2H3,(H,25,28). The van der Waals surface area contributed by atoms with E-state index in [1.165, 1.54) is 5.56 Å². The van der Waals surface area contributed by atoms with E-state index in [0.29, 0.717) is 12.1 Å². The second kappa shape index (κ2) is 8.19. The van der Waals surface area contributed by atoms with Crippen LogP contribution in [0.2, 0.25) is 0 Å². The summed E-state index contributed by atoms with van der Waals surface area (Å²) in [4.78, 5) is 17.1. The van der Waals surface area contributed by atoms with Crippen LogP contribution in [0.4, 0.5) is 0 Å². The van der Waals surface area contributed by atoms with Crippen LogP contribution < -0.4 is 10.1 Å². The summed E-state index contributed by atoms with van der Waals surface area (Å²) in [5, 5.41) is 2.95. The molecule has 4 aromatic rings. The Morgan fingerprint density at radius 1 is 1.07 bits per heavy atom. The van der Waals surface area contributed by atoms with Gasteiger partial charge in [-0.1, -0.05) is 37.3 Å². The van der Waals surface area contributed by atoms with Gasteiger partial charge in [-0.05, 0) is 48.4 Å². The number of hydrogen-bond acceptors (Lipinski definition) is 3. The molecular formula is C24H23N3O2. The van der Waals surface area contributed by atoms with E-state index < -0.39 is 0 Å². The van der Waals surface area contributed by atoms with Crippen LogP contribution in [0.1, 0.15) is 28.4 Å². The van der Waals surface area contributed by atoms with Crippen LogP contribution in [0.5, 0.6) is 5.75 Å². The van der Waals surface area contributed by atoms with E-state index in [2.05, 4.69) is 41.5 Å². The highest BCUT2D eigenvalue weighted by atomic mass is 16.5. The van der Waals surface area contributed by atoms with Gasteiger partial charge in [0.1, 0.15) is 12.1 Å². The Morgan fingerprint density at radius 2 is 1.93 bits per heavy atom. The van der Waals surface area contributed by atoms with Gasteiger partial charge in [-0.25, -0.2) is 4.98 Å². The Bertz CT molecular complexity index is 1160. The van der Waals surface area contributed by atoms with Gasteiger partial charge < -0.3 is 10.1 Å². The monoisotopic (exact) mass is 385 g/mol. The first-order valence-corrected chi connectivity index (χ1v) is 9.66. The number of aromatic nitrogens is 2. The number of benzene rings is 3. The third-order valence-corrected chi connectivity index (χ3v) is 5.04. The maximum atomic E-state index is 12.6. The number of carbonyl (C=O) groups excluding carboxylic acids is 1. The van der Waals surface area contributed by atoms with Gasteiger partial charge in [0.2, 0.25) is 0 Å². The van der Waals surface area contributed by atoms with Crippen molar-refractivity contribution in [3.05, 3.63) is 89.7 Å². The van der Waals surface area contributed by atoms with E-state index in [9.17, 15) is 4.79 Å². The van der Waals surface area contributed by atoms with Gasteiger partial charge in [0, 0.05) is 23.4 Å². The van der Waals surface area contributed by atoms with Gasteiger partial charge in [0.25, 0.3) is 5.91 Å². The van der Waals surface area contributed by atoms with Crippen molar-refractivity contribution < 1.29 is 9.53 Å². The molecule has 29 heavy (non-hydrogen) atoms. The summed E-state index contributed by atoms with van der Waals surface area (Å²) in [5.74, 6) is 0.622. The van der Waals surface area contributed by atoms with Gasteiger partial charge in [-0.2, -0.15) is 0 Å². The summed E-state index contributed by atoms with van der Waals surface area (Å²) < 4.78 is 7.38. The van der Waals surface area contributed by atoms with Crippen molar-refractivity contribution in [1.29, 1.82) is 0 Å². The molecule has 146 valence electrons. The number of carbonyl (C=O) groups is 1. The third kappa shape index (κ3) is 3.85. The van der Waals surface area contributed by atoms with E-state index in [1.54, 1.807) is 13.4 Å². The first kappa shape index (κ1) is 18.7. The van der Waals surface area contributed by atoms with E-state index in [4.69, 9.17) is 4.74 Å². The van der Waals surface area contributed by atoms with Crippen molar-refractivity contribution in [2.45, 2.75) is 19.9 Å². The molecule has 0 unspecified atom stereocenters. The summed E-state index contributed by atoms with van der Waals surface area (Å²) >= 11 is 0. The molecule has 0 aliphatic carbocycles. The topological polar surface area (TPSA) is 56.2 Å². The van der Waals surface area contributed by atoms with E-state index in [0.717, 1.165) is 34.5 Å². The number of nitrogens with zero attached hydrogens (tertiary/aromatic N) is 2. The minimum atomic E-state index is -0.139. The maximum Gasteiger partial charge on any atom is 0.251 e. The summed E-state index contributed by atoms with van der Waals surface area (Å²) in [7, 11) is 1.63. The number of para-hydroxylation sites is 1. The molecule has 0 aliphatic heterocycles. The average molecular weight is 385 g/mol. The second-order valence-electron chi connectivity index (χ2n) is 6.84. The molecular weight excluding hydrogens is 362 g/mol. The van der Waals surface area contributed by atoms with Crippen molar-refractivity contribution >= 4 is 16.9 Å². The Morgan fingerprint density at radius 3 is 2.76 bits per heavy atom. The molecule has 1 amide bonds. The van der Waals surface area contributed by atoms with E-state index >= 15 is 0 Å². The summed E-state index contributed by atoms with van der Waals surface area (Å²) in [6.45, 7) is 2.54. The Labute approximate surface area is 170 Å². The fraction of sp³-hybridized carbons (Fsp3) is 0.167. The lowest BCUT2D eigenvalue weighted by Gasteiger charge is -2.10. The number of nitrogens with one attached hydrogen (secondary N) is 1. The van der Waals surface area contributed by atoms with E-state index in [1.807, 2.05) is 47.0 Å². The average Bonchev–Trinajstić information content (AvgIpc) is 3.21. The molecule has 0 atom stereocenters. The molecule has 4 rings (SSSR count). The summed E-state index contributed by atoms with van der Waals surface area (Å²) in [5.41, 5.74) is 5.62. The molecule has 0 saturated heterocycles. The van der Waals surface area contributed by atoms with Crippen molar-refractivity contribution in [3.63, 3.8) is 0 Å². The number of ether oxygens (including phenoxy) is 1. The minimum absolute atomic E-state index is 0.139. The molecule has 0 aliphatic rings. The van der Waals surface area contributed by atoms with Crippen LogP contribution in [0, 0.1) is 0 Å². The number of hydrogen-bond donors (Lipinski definition) is 1. The molecule has 5 nitrogen and oxygen atoms in total. The molecule has 5 heteroatoms.